The van der Waals surface area contributed by atoms with Crippen molar-refractivity contribution >= 4 is 40.4 Å². The Kier molecular flexibility index (Phi) is 7.93. The molecule has 10 heteroatoms. The Morgan fingerprint density at radius 1 is 1.10 bits per heavy atom. The second-order valence-electron chi connectivity index (χ2n) is 6.86. The highest BCUT2D eigenvalue weighted by atomic mass is 35.5. The maximum atomic E-state index is 12.3. The summed E-state index contributed by atoms with van der Waals surface area (Å²) in [7, 11) is 0. The normalized spacial score (nSPS) is 15.2. The molecule has 1 aromatic carbocycles. The average Bonchev–Trinajstić information content (AvgIpc) is 3.18. The summed E-state index contributed by atoms with van der Waals surface area (Å²) in [5, 5.41) is 15.6. The first kappa shape index (κ1) is 21.6. The van der Waals surface area contributed by atoms with Crippen molar-refractivity contribution in [1.29, 1.82) is 0 Å². The molecule has 2 heterocycles. The smallest absolute Gasteiger partial charge is 0.286 e. The minimum atomic E-state index is -0.279. The first-order valence-electron chi connectivity index (χ1n) is 9.64. The van der Waals surface area contributed by atoms with Gasteiger partial charge in [0.2, 0.25) is 10.9 Å². The van der Waals surface area contributed by atoms with Crippen molar-refractivity contribution in [2.75, 3.05) is 44.6 Å². The molecule has 3 rings (SSSR count). The lowest BCUT2D eigenvalue weighted by Gasteiger charge is -2.33. The van der Waals surface area contributed by atoms with E-state index in [2.05, 4.69) is 30.6 Å². The molecule has 0 spiro atoms. The van der Waals surface area contributed by atoms with Gasteiger partial charge < -0.3 is 10.6 Å². The molecule has 8 nitrogen and oxygen atoms in total. The van der Waals surface area contributed by atoms with Gasteiger partial charge in [0.15, 0.2) is 0 Å². The van der Waals surface area contributed by atoms with E-state index in [1.807, 2.05) is 6.92 Å². The zero-order chi connectivity index (χ0) is 20.6. The molecule has 1 aromatic heterocycles. The second-order valence-corrected chi connectivity index (χ2v) is 8.36. The van der Waals surface area contributed by atoms with E-state index >= 15 is 0 Å². The summed E-state index contributed by atoms with van der Waals surface area (Å²) >= 11 is 7.15. The van der Waals surface area contributed by atoms with Crippen LogP contribution in [0.25, 0.3) is 0 Å². The SMILES string of the molecule is CCCNC(=O)CN1CCN(Cc2nnc(C(=O)Nc3ccc(Cl)cc3)s2)CC1. The maximum absolute atomic E-state index is 12.3. The summed E-state index contributed by atoms with van der Waals surface area (Å²) in [5.41, 5.74) is 0.662. The van der Waals surface area contributed by atoms with E-state index in [0.29, 0.717) is 28.8 Å². The zero-order valence-corrected chi connectivity index (χ0v) is 17.9. The Labute approximate surface area is 179 Å². The summed E-state index contributed by atoms with van der Waals surface area (Å²) in [5.74, 6) is -0.195. The van der Waals surface area contributed by atoms with Crippen LogP contribution in [-0.2, 0) is 11.3 Å². The summed E-state index contributed by atoms with van der Waals surface area (Å²) in [6.45, 7) is 7.25. The minimum absolute atomic E-state index is 0.0840. The molecule has 1 saturated heterocycles. The zero-order valence-electron chi connectivity index (χ0n) is 16.4. The van der Waals surface area contributed by atoms with Gasteiger partial charge in [-0.25, -0.2) is 0 Å². The van der Waals surface area contributed by atoms with Crippen molar-refractivity contribution in [3.63, 3.8) is 0 Å². The van der Waals surface area contributed by atoms with E-state index in [9.17, 15) is 9.59 Å². The molecule has 0 atom stereocenters. The molecule has 29 heavy (non-hydrogen) atoms. The Morgan fingerprint density at radius 2 is 1.79 bits per heavy atom. The van der Waals surface area contributed by atoms with E-state index in [1.165, 1.54) is 11.3 Å². The molecule has 0 radical (unpaired) electrons. The van der Waals surface area contributed by atoms with Gasteiger partial charge in [-0.3, -0.25) is 19.4 Å². The van der Waals surface area contributed by atoms with Crippen LogP contribution in [0.1, 0.15) is 28.2 Å². The third-order valence-corrected chi connectivity index (χ3v) is 5.69. The van der Waals surface area contributed by atoms with Crippen LogP contribution in [-0.4, -0.2) is 71.1 Å². The number of rotatable bonds is 8. The van der Waals surface area contributed by atoms with Gasteiger partial charge in [0, 0.05) is 43.4 Å². The van der Waals surface area contributed by atoms with Crippen molar-refractivity contribution in [1.82, 2.24) is 25.3 Å². The third kappa shape index (κ3) is 6.74. The van der Waals surface area contributed by atoms with Gasteiger partial charge in [-0.15, -0.1) is 10.2 Å². The fourth-order valence-corrected chi connectivity index (χ4v) is 3.85. The van der Waals surface area contributed by atoms with Crippen molar-refractivity contribution in [2.24, 2.45) is 0 Å². The predicted molar refractivity (Wildman–Crippen MR) is 114 cm³/mol. The highest BCUT2D eigenvalue weighted by molar-refractivity contribution is 7.13. The van der Waals surface area contributed by atoms with Gasteiger partial charge in [0.05, 0.1) is 13.1 Å². The second kappa shape index (κ2) is 10.6. The van der Waals surface area contributed by atoms with Gasteiger partial charge in [0.1, 0.15) is 5.01 Å². The van der Waals surface area contributed by atoms with E-state index in [0.717, 1.165) is 44.2 Å². The number of benzene rings is 1. The van der Waals surface area contributed by atoms with Gasteiger partial charge in [-0.2, -0.15) is 0 Å². The van der Waals surface area contributed by atoms with Gasteiger partial charge in [-0.05, 0) is 30.7 Å². The summed E-state index contributed by atoms with van der Waals surface area (Å²) in [6.07, 6.45) is 0.946. The molecule has 0 saturated carbocycles. The molecule has 2 aromatic rings. The Bertz CT molecular complexity index is 820. The average molecular weight is 437 g/mol. The Hall–Kier alpha value is -2.07. The number of anilines is 1. The first-order chi connectivity index (χ1) is 14.0. The highest BCUT2D eigenvalue weighted by Crippen LogP contribution is 2.17. The molecule has 1 fully saturated rings. The number of carbonyl (C=O) groups is 2. The summed E-state index contributed by atoms with van der Waals surface area (Å²) in [4.78, 5) is 28.6. The van der Waals surface area contributed by atoms with E-state index in [-0.39, 0.29) is 11.8 Å². The van der Waals surface area contributed by atoms with Crippen LogP contribution in [0.4, 0.5) is 5.69 Å². The maximum Gasteiger partial charge on any atom is 0.286 e. The number of piperazine rings is 1. The predicted octanol–water partition coefficient (Wildman–Crippen LogP) is 2.09. The van der Waals surface area contributed by atoms with Crippen molar-refractivity contribution in [3.8, 4) is 0 Å². The molecule has 1 aliphatic rings. The van der Waals surface area contributed by atoms with Crippen LogP contribution in [0.2, 0.25) is 5.02 Å². The van der Waals surface area contributed by atoms with Gasteiger partial charge in [-0.1, -0.05) is 29.9 Å². The number of halogens is 1. The van der Waals surface area contributed by atoms with Crippen LogP contribution < -0.4 is 10.6 Å². The number of carbonyl (C=O) groups excluding carboxylic acids is 2. The molecule has 2 N–H and O–H groups in total. The highest BCUT2D eigenvalue weighted by Gasteiger charge is 2.21. The van der Waals surface area contributed by atoms with Crippen LogP contribution >= 0.6 is 22.9 Å². The van der Waals surface area contributed by atoms with E-state index < -0.39 is 0 Å². The van der Waals surface area contributed by atoms with Gasteiger partial charge in [0.25, 0.3) is 5.91 Å². The fourth-order valence-electron chi connectivity index (χ4n) is 2.95. The van der Waals surface area contributed by atoms with Crippen molar-refractivity contribution in [2.45, 2.75) is 19.9 Å². The summed E-state index contributed by atoms with van der Waals surface area (Å²) in [6, 6.07) is 6.92. The molecule has 0 unspecified atom stereocenters. The molecule has 0 bridgehead atoms. The van der Waals surface area contributed by atoms with Crippen molar-refractivity contribution < 1.29 is 9.59 Å². The van der Waals surface area contributed by atoms with E-state index in [1.54, 1.807) is 24.3 Å². The fraction of sp³-hybridized carbons (Fsp3) is 0.474. The Morgan fingerprint density at radius 3 is 2.48 bits per heavy atom. The van der Waals surface area contributed by atoms with Gasteiger partial charge >= 0.3 is 0 Å². The lowest BCUT2D eigenvalue weighted by Crippen LogP contribution is -2.49. The number of hydrogen-bond donors (Lipinski definition) is 2. The number of hydrogen-bond acceptors (Lipinski definition) is 7. The lowest BCUT2D eigenvalue weighted by molar-refractivity contribution is -0.122. The van der Waals surface area contributed by atoms with Crippen LogP contribution in [0.15, 0.2) is 24.3 Å². The standard InChI is InChI=1S/C19H25ClN6O2S/c1-2-7-21-16(27)12-25-8-10-26(11-9-25)13-17-23-24-19(29-17)18(28)22-15-5-3-14(20)4-6-15/h3-6H,2,7-13H2,1H3,(H,21,27)(H,22,28). The topological polar surface area (TPSA) is 90.5 Å². The summed E-state index contributed by atoms with van der Waals surface area (Å²) < 4.78 is 0. The minimum Gasteiger partial charge on any atom is -0.355 e. The molecule has 2 amide bonds. The quantitative estimate of drug-likeness (QED) is 0.658. The third-order valence-electron chi connectivity index (χ3n) is 4.53. The largest absolute Gasteiger partial charge is 0.355 e. The molecule has 1 aliphatic heterocycles. The van der Waals surface area contributed by atoms with Crippen LogP contribution in [0.5, 0.6) is 0 Å². The lowest BCUT2D eigenvalue weighted by atomic mass is 10.3. The number of aromatic nitrogens is 2. The Balaban J connectivity index is 1.44. The molecule has 156 valence electrons. The first-order valence-corrected chi connectivity index (χ1v) is 10.8. The number of nitrogens with zero attached hydrogens (tertiary/aromatic N) is 4. The molecular weight excluding hydrogens is 412 g/mol. The van der Waals surface area contributed by atoms with E-state index in [4.69, 9.17) is 11.6 Å². The number of amides is 2. The number of nitrogens with one attached hydrogen (secondary N) is 2. The molecule has 0 aliphatic carbocycles. The van der Waals surface area contributed by atoms with Crippen LogP contribution in [0, 0.1) is 0 Å². The van der Waals surface area contributed by atoms with Crippen LogP contribution in [0.3, 0.4) is 0 Å². The monoisotopic (exact) mass is 436 g/mol. The molecular formula is C19H25ClN6O2S. The van der Waals surface area contributed by atoms with Crippen molar-refractivity contribution in [3.05, 3.63) is 39.3 Å².